The van der Waals surface area contributed by atoms with Crippen LogP contribution in [0.1, 0.15) is 6.92 Å². The number of hydrogen-bond donors (Lipinski definition) is 1. The molecule has 0 aliphatic carbocycles. The largest absolute Gasteiger partial charge is 0.440 e. The number of para-hydroxylation sites is 2. The number of piperazine rings is 1. The molecule has 1 amide bonds. The van der Waals surface area contributed by atoms with E-state index in [4.69, 9.17) is 0 Å². The molecule has 1 aromatic carbocycles. The average molecular weight is 331 g/mol. The molecule has 8 heteroatoms. The topological polar surface area (TPSA) is 44.8 Å². The Morgan fingerprint density at radius 1 is 1.22 bits per heavy atom. The summed E-state index contributed by atoms with van der Waals surface area (Å²) >= 11 is 0. The summed E-state index contributed by atoms with van der Waals surface area (Å²) in [6, 6.07) is 7.02. The molecule has 0 bridgehead atoms. The van der Waals surface area contributed by atoms with Gasteiger partial charge in [-0.15, -0.1) is 0 Å². The minimum absolute atomic E-state index is 0.449. The lowest BCUT2D eigenvalue weighted by molar-refractivity contribution is -0.159. The minimum Gasteiger partial charge on any atom is -0.440 e. The highest BCUT2D eigenvalue weighted by Gasteiger charge is 2.29. The maximum atomic E-state index is 12.1. The third-order valence-corrected chi connectivity index (χ3v) is 3.67. The number of hydrogen-bond acceptors (Lipinski definition) is 4. The number of carbonyl (C=O) groups is 1. The van der Waals surface area contributed by atoms with Crippen LogP contribution < -0.4 is 10.2 Å². The van der Waals surface area contributed by atoms with Crippen LogP contribution in [0, 0.1) is 0 Å². The summed E-state index contributed by atoms with van der Waals surface area (Å²) in [6.07, 6.45) is -5.64. The van der Waals surface area contributed by atoms with E-state index in [0.717, 1.165) is 38.4 Å². The van der Waals surface area contributed by atoms with Gasteiger partial charge in [-0.25, -0.2) is 4.79 Å². The highest BCUT2D eigenvalue weighted by molar-refractivity contribution is 5.89. The molecule has 1 heterocycles. The smallest absolute Gasteiger partial charge is 0.422 e. The van der Waals surface area contributed by atoms with Gasteiger partial charge in [-0.3, -0.25) is 5.32 Å². The average Bonchev–Trinajstić information content (AvgIpc) is 2.53. The predicted octanol–water partition coefficient (Wildman–Crippen LogP) is 2.94. The summed E-state index contributed by atoms with van der Waals surface area (Å²) in [4.78, 5) is 15.9. The zero-order valence-corrected chi connectivity index (χ0v) is 12.9. The Balaban J connectivity index is 1.99. The minimum atomic E-state index is -4.53. The molecule has 128 valence electrons. The number of nitrogens with zero attached hydrogens (tertiary/aromatic N) is 2. The molecule has 1 aliphatic heterocycles. The second-order valence-corrected chi connectivity index (χ2v) is 5.25. The van der Waals surface area contributed by atoms with E-state index in [1.807, 2.05) is 12.1 Å². The number of nitrogens with one attached hydrogen (secondary N) is 1. The highest BCUT2D eigenvalue weighted by Crippen LogP contribution is 2.27. The third kappa shape index (κ3) is 5.31. The molecule has 0 aromatic heterocycles. The van der Waals surface area contributed by atoms with E-state index in [1.165, 1.54) is 0 Å². The first-order valence-electron chi connectivity index (χ1n) is 7.46. The number of alkyl halides is 3. The molecule has 1 saturated heterocycles. The molecule has 0 atom stereocenters. The van der Waals surface area contributed by atoms with Crippen molar-refractivity contribution in [3.05, 3.63) is 24.3 Å². The van der Waals surface area contributed by atoms with Crippen molar-refractivity contribution in [2.24, 2.45) is 0 Å². The van der Waals surface area contributed by atoms with Crippen molar-refractivity contribution < 1.29 is 22.7 Å². The molecular weight excluding hydrogens is 311 g/mol. The second-order valence-electron chi connectivity index (χ2n) is 5.25. The zero-order valence-electron chi connectivity index (χ0n) is 12.9. The summed E-state index contributed by atoms with van der Waals surface area (Å²) < 4.78 is 40.4. The molecule has 23 heavy (non-hydrogen) atoms. The van der Waals surface area contributed by atoms with Crippen LogP contribution in [-0.4, -0.2) is 56.5 Å². The monoisotopic (exact) mass is 331 g/mol. The number of benzene rings is 1. The Morgan fingerprint density at radius 3 is 2.48 bits per heavy atom. The van der Waals surface area contributed by atoms with Crippen molar-refractivity contribution in [1.82, 2.24) is 4.90 Å². The second kappa shape index (κ2) is 7.54. The third-order valence-electron chi connectivity index (χ3n) is 3.67. The summed E-state index contributed by atoms with van der Waals surface area (Å²) in [5, 5.41) is 2.39. The van der Waals surface area contributed by atoms with E-state index >= 15 is 0 Å². The molecule has 0 spiro atoms. The van der Waals surface area contributed by atoms with Crippen molar-refractivity contribution in [2.75, 3.05) is 49.5 Å². The maximum absolute atomic E-state index is 12.1. The summed E-state index contributed by atoms with van der Waals surface area (Å²) in [5.41, 5.74) is 1.23. The van der Waals surface area contributed by atoms with Gasteiger partial charge in [-0.1, -0.05) is 19.1 Å². The molecule has 5 nitrogen and oxygen atoms in total. The van der Waals surface area contributed by atoms with Gasteiger partial charge in [0.2, 0.25) is 0 Å². The first kappa shape index (κ1) is 17.4. The van der Waals surface area contributed by atoms with E-state index in [-0.39, 0.29) is 0 Å². The van der Waals surface area contributed by atoms with Crippen LogP contribution in [-0.2, 0) is 4.74 Å². The number of anilines is 2. The lowest BCUT2D eigenvalue weighted by Crippen LogP contribution is -2.46. The van der Waals surface area contributed by atoms with Gasteiger partial charge >= 0.3 is 12.3 Å². The Morgan fingerprint density at radius 2 is 1.87 bits per heavy atom. The van der Waals surface area contributed by atoms with Crippen molar-refractivity contribution in [3.63, 3.8) is 0 Å². The van der Waals surface area contributed by atoms with E-state index < -0.39 is 18.9 Å². The van der Waals surface area contributed by atoms with Crippen molar-refractivity contribution in [2.45, 2.75) is 13.1 Å². The first-order chi connectivity index (χ1) is 10.9. The van der Waals surface area contributed by atoms with Crippen molar-refractivity contribution in [1.29, 1.82) is 0 Å². The number of halogens is 3. The Bertz CT molecular complexity index is 529. The number of ether oxygens (including phenoxy) is 1. The lowest BCUT2D eigenvalue weighted by atomic mass is 10.2. The normalized spacial score (nSPS) is 16.3. The molecule has 1 N–H and O–H groups in total. The number of amides is 1. The van der Waals surface area contributed by atoms with Gasteiger partial charge < -0.3 is 14.5 Å². The van der Waals surface area contributed by atoms with Crippen molar-refractivity contribution in [3.8, 4) is 0 Å². The fourth-order valence-corrected chi connectivity index (χ4v) is 2.45. The molecule has 1 fully saturated rings. The van der Waals surface area contributed by atoms with Gasteiger partial charge in [-0.2, -0.15) is 13.2 Å². The van der Waals surface area contributed by atoms with Crippen LogP contribution in [0.2, 0.25) is 0 Å². The zero-order chi connectivity index (χ0) is 16.9. The van der Waals surface area contributed by atoms with Crippen LogP contribution in [0.15, 0.2) is 24.3 Å². The van der Waals surface area contributed by atoms with E-state index in [2.05, 4.69) is 26.8 Å². The Labute approximate surface area is 133 Å². The number of rotatable bonds is 4. The van der Waals surface area contributed by atoms with Gasteiger partial charge in [0, 0.05) is 26.2 Å². The lowest BCUT2D eigenvalue weighted by Gasteiger charge is -2.36. The number of likely N-dealkylation sites (N-methyl/N-ethyl adjacent to an activating group) is 1. The molecule has 1 aliphatic rings. The fourth-order valence-electron chi connectivity index (χ4n) is 2.45. The summed E-state index contributed by atoms with van der Waals surface area (Å²) in [7, 11) is 0. The van der Waals surface area contributed by atoms with E-state index in [9.17, 15) is 18.0 Å². The predicted molar refractivity (Wildman–Crippen MR) is 81.8 cm³/mol. The van der Waals surface area contributed by atoms with Gasteiger partial charge in [0.1, 0.15) is 0 Å². The Hall–Kier alpha value is -1.96. The van der Waals surface area contributed by atoms with Crippen LogP contribution in [0.3, 0.4) is 0 Å². The van der Waals surface area contributed by atoms with E-state index in [1.54, 1.807) is 12.1 Å². The SMILES string of the molecule is CCN1CCN(c2ccccc2NC(=O)OCC(F)(F)F)CC1. The molecule has 0 unspecified atom stereocenters. The quantitative estimate of drug-likeness (QED) is 0.921. The molecule has 0 radical (unpaired) electrons. The van der Waals surface area contributed by atoms with E-state index in [0.29, 0.717) is 5.69 Å². The van der Waals surface area contributed by atoms with Crippen LogP contribution in [0.5, 0.6) is 0 Å². The molecule has 1 aromatic rings. The van der Waals surface area contributed by atoms with Gasteiger partial charge in [0.25, 0.3) is 0 Å². The maximum Gasteiger partial charge on any atom is 0.422 e. The van der Waals surface area contributed by atoms with Gasteiger partial charge in [-0.05, 0) is 18.7 Å². The van der Waals surface area contributed by atoms with Crippen LogP contribution >= 0.6 is 0 Å². The first-order valence-corrected chi connectivity index (χ1v) is 7.46. The summed E-state index contributed by atoms with van der Waals surface area (Å²) in [6.45, 7) is 4.89. The number of carbonyl (C=O) groups excluding carboxylic acids is 1. The van der Waals surface area contributed by atoms with Crippen molar-refractivity contribution >= 4 is 17.5 Å². The molecule has 0 saturated carbocycles. The van der Waals surface area contributed by atoms with Crippen LogP contribution in [0.25, 0.3) is 0 Å². The Kier molecular flexibility index (Phi) is 5.70. The molecule has 2 rings (SSSR count). The standard InChI is InChI=1S/C15H20F3N3O2/c1-2-20-7-9-21(10-8-20)13-6-4-3-5-12(13)19-14(22)23-11-15(16,17)18/h3-6H,2,7-11H2,1H3,(H,19,22). The van der Waals surface area contributed by atoms with Gasteiger partial charge in [0.15, 0.2) is 6.61 Å². The fraction of sp³-hybridized carbons (Fsp3) is 0.533. The van der Waals surface area contributed by atoms with Crippen LogP contribution in [0.4, 0.5) is 29.3 Å². The van der Waals surface area contributed by atoms with Gasteiger partial charge in [0.05, 0.1) is 11.4 Å². The molecular formula is C15H20F3N3O2. The highest BCUT2D eigenvalue weighted by atomic mass is 19.4. The summed E-state index contributed by atoms with van der Waals surface area (Å²) in [5.74, 6) is 0.